The van der Waals surface area contributed by atoms with E-state index in [1.54, 1.807) is 12.4 Å². The maximum Gasteiger partial charge on any atom is 0.230 e. The fourth-order valence-electron chi connectivity index (χ4n) is 2.79. The zero-order chi connectivity index (χ0) is 13.8. The smallest absolute Gasteiger partial charge is 0.230 e. The highest BCUT2D eigenvalue weighted by Crippen LogP contribution is 2.26. The molecule has 1 aromatic rings. The number of rotatable bonds is 3. The molecular weight excluding hydrogens is 309 g/mol. The van der Waals surface area contributed by atoms with Gasteiger partial charge in [0.1, 0.15) is 0 Å². The molecule has 1 fully saturated rings. The van der Waals surface area contributed by atoms with E-state index in [4.69, 9.17) is 5.73 Å². The maximum atomic E-state index is 12.6. The van der Waals surface area contributed by atoms with Crippen molar-refractivity contribution in [1.82, 2.24) is 9.88 Å². The van der Waals surface area contributed by atoms with E-state index >= 15 is 0 Å². The van der Waals surface area contributed by atoms with Crippen LogP contribution < -0.4 is 5.73 Å². The number of hydrogen-bond acceptors (Lipinski definition) is 3. The van der Waals surface area contributed by atoms with Crippen molar-refractivity contribution in [2.45, 2.75) is 38.6 Å². The Morgan fingerprint density at radius 3 is 2.81 bits per heavy atom. The maximum absolute atomic E-state index is 12.6. The summed E-state index contributed by atoms with van der Waals surface area (Å²) in [5, 5.41) is 0. The van der Waals surface area contributed by atoms with Gasteiger partial charge >= 0.3 is 0 Å². The minimum Gasteiger partial charge on any atom is -0.338 e. The molecule has 0 radical (unpaired) electrons. The molecule has 3 atom stereocenters. The number of carbonyl (C=O) groups excluding carboxylic acids is 1. The fraction of sp³-hybridized carbons (Fsp3) is 0.600. The monoisotopic (exact) mass is 333 g/mol. The first-order valence-electron chi connectivity index (χ1n) is 7.04. The molecular formula is C15H25Cl2N3O. The number of nitrogens with two attached hydrogens (primary N) is 1. The number of pyridine rings is 1. The van der Waals surface area contributed by atoms with Crippen molar-refractivity contribution in [2.24, 2.45) is 11.7 Å². The van der Waals surface area contributed by atoms with Crippen LogP contribution in [-0.2, 0) is 4.79 Å². The zero-order valence-corrected chi connectivity index (χ0v) is 14.2. The van der Waals surface area contributed by atoms with Gasteiger partial charge < -0.3 is 10.6 Å². The first-order chi connectivity index (χ1) is 9.13. The van der Waals surface area contributed by atoms with E-state index in [1.807, 2.05) is 24.0 Å². The van der Waals surface area contributed by atoms with Gasteiger partial charge in [0.15, 0.2) is 0 Å². The zero-order valence-electron chi connectivity index (χ0n) is 12.6. The average molecular weight is 334 g/mol. The Morgan fingerprint density at radius 2 is 2.24 bits per heavy atom. The predicted octanol–water partition coefficient (Wildman–Crippen LogP) is 2.61. The fourth-order valence-corrected chi connectivity index (χ4v) is 2.79. The van der Waals surface area contributed by atoms with Crippen LogP contribution in [0.3, 0.4) is 0 Å². The predicted molar refractivity (Wildman–Crippen MR) is 90.1 cm³/mol. The third-order valence-electron chi connectivity index (χ3n) is 4.09. The summed E-state index contributed by atoms with van der Waals surface area (Å²) >= 11 is 0. The second-order valence-electron chi connectivity index (χ2n) is 5.56. The quantitative estimate of drug-likeness (QED) is 0.924. The Morgan fingerprint density at radius 1 is 1.52 bits per heavy atom. The third kappa shape index (κ3) is 4.83. The van der Waals surface area contributed by atoms with Gasteiger partial charge in [-0.3, -0.25) is 9.78 Å². The summed E-state index contributed by atoms with van der Waals surface area (Å²) in [6, 6.07) is 4.02. The van der Waals surface area contributed by atoms with Gasteiger partial charge in [-0.2, -0.15) is 0 Å². The minimum atomic E-state index is -0.142. The highest BCUT2D eigenvalue weighted by molar-refractivity contribution is 5.85. The number of halogens is 2. The molecule has 0 spiro atoms. The van der Waals surface area contributed by atoms with Gasteiger partial charge in [-0.15, -0.1) is 24.8 Å². The molecule has 120 valence electrons. The second kappa shape index (κ2) is 9.23. The Hall–Kier alpha value is -0.840. The summed E-state index contributed by atoms with van der Waals surface area (Å²) in [5.74, 6) is 0.692. The van der Waals surface area contributed by atoms with Gasteiger partial charge in [-0.05, 0) is 37.3 Å². The van der Waals surface area contributed by atoms with Crippen molar-refractivity contribution in [3.05, 3.63) is 30.1 Å². The summed E-state index contributed by atoms with van der Waals surface area (Å²) in [6.07, 6.45) is 5.59. The standard InChI is InChI=1S/C15H23N3O.2ClH/c1-11-5-7-18(14(8-11)9-16)15(19)12(2)13-4-3-6-17-10-13;;/h3-4,6,10-12,14H,5,7-9,16H2,1-2H3;2*1H. The largest absolute Gasteiger partial charge is 0.338 e. The summed E-state index contributed by atoms with van der Waals surface area (Å²) in [5.41, 5.74) is 6.80. The van der Waals surface area contributed by atoms with Crippen LogP contribution in [0.15, 0.2) is 24.5 Å². The van der Waals surface area contributed by atoms with Crippen LogP contribution in [0.5, 0.6) is 0 Å². The minimum absolute atomic E-state index is 0. The SMILES string of the molecule is CC1CCN(C(=O)C(C)c2cccnc2)C(CN)C1.Cl.Cl. The van der Waals surface area contributed by atoms with Gasteiger partial charge in [0.05, 0.1) is 5.92 Å². The topological polar surface area (TPSA) is 59.2 Å². The van der Waals surface area contributed by atoms with E-state index in [9.17, 15) is 4.79 Å². The van der Waals surface area contributed by atoms with Gasteiger partial charge in [-0.25, -0.2) is 0 Å². The molecule has 1 aliphatic heterocycles. The van der Waals surface area contributed by atoms with Gasteiger partial charge in [0, 0.05) is 31.5 Å². The van der Waals surface area contributed by atoms with Gasteiger partial charge in [-0.1, -0.05) is 13.0 Å². The molecule has 1 saturated heterocycles. The molecule has 2 heterocycles. The Bertz CT molecular complexity index is 430. The number of aromatic nitrogens is 1. The van der Waals surface area contributed by atoms with Crippen molar-refractivity contribution in [2.75, 3.05) is 13.1 Å². The van der Waals surface area contributed by atoms with Crippen molar-refractivity contribution >= 4 is 30.7 Å². The van der Waals surface area contributed by atoms with Crippen LogP contribution >= 0.6 is 24.8 Å². The summed E-state index contributed by atoms with van der Waals surface area (Å²) < 4.78 is 0. The van der Waals surface area contributed by atoms with Crippen LogP contribution in [0, 0.1) is 5.92 Å². The van der Waals surface area contributed by atoms with Crippen molar-refractivity contribution in [3.63, 3.8) is 0 Å². The lowest BCUT2D eigenvalue weighted by Gasteiger charge is -2.39. The van der Waals surface area contributed by atoms with Crippen LogP contribution in [0.4, 0.5) is 0 Å². The number of amides is 1. The van der Waals surface area contributed by atoms with E-state index in [-0.39, 0.29) is 42.7 Å². The normalized spacial score (nSPS) is 22.7. The molecule has 21 heavy (non-hydrogen) atoms. The van der Waals surface area contributed by atoms with E-state index in [0.717, 1.165) is 24.9 Å². The van der Waals surface area contributed by atoms with Crippen molar-refractivity contribution < 1.29 is 4.79 Å². The number of hydrogen-bond donors (Lipinski definition) is 1. The van der Waals surface area contributed by atoms with E-state index in [0.29, 0.717) is 12.5 Å². The summed E-state index contributed by atoms with van der Waals surface area (Å²) in [7, 11) is 0. The van der Waals surface area contributed by atoms with E-state index in [2.05, 4.69) is 11.9 Å². The Kier molecular flexibility index (Phi) is 8.86. The molecule has 0 aliphatic carbocycles. The first-order valence-corrected chi connectivity index (χ1v) is 7.04. The lowest BCUT2D eigenvalue weighted by molar-refractivity contribution is -0.136. The third-order valence-corrected chi connectivity index (χ3v) is 4.09. The summed E-state index contributed by atoms with van der Waals surface area (Å²) in [6.45, 7) is 5.56. The van der Waals surface area contributed by atoms with E-state index in [1.165, 1.54) is 0 Å². The highest BCUT2D eigenvalue weighted by Gasteiger charge is 2.31. The lowest BCUT2D eigenvalue weighted by Crippen LogP contribution is -2.50. The number of nitrogens with zero attached hydrogens (tertiary/aromatic N) is 2. The number of piperidine rings is 1. The highest BCUT2D eigenvalue weighted by atomic mass is 35.5. The molecule has 0 saturated carbocycles. The Labute approximate surface area is 139 Å². The molecule has 3 unspecified atom stereocenters. The summed E-state index contributed by atoms with van der Waals surface area (Å²) in [4.78, 5) is 18.7. The molecule has 6 heteroatoms. The van der Waals surface area contributed by atoms with Crippen LogP contribution in [-0.4, -0.2) is 34.9 Å². The molecule has 1 aromatic heterocycles. The van der Waals surface area contributed by atoms with Crippen molar-refractivity contribution in [1.29, 1.82) is 0 Å². The molecule has 2 rings (SSSR count). The molecule has 2 N–H and O–H groups in total. The number of likely N-dealkylation sites (tertiary alicyclic amines) is 1. The molecule has 0 bridgehead atoms. The average Bonchev–Trinajstić information content (AvgIpc) is 2.46. The lowest BCUT2D eigenvalue weighted by atomic mass is 9.90. The molecule has 1 amide bonds. The first kappa shape index (κ1) is 20.2. The van der Waals surface area contributed by atoms with Gasteiger partial charge in [0.2, 0.25) is 5.91 Å². The number of carbonyl (C=O) groups is 1. The molecule has 1 aliphatic rings. The van der Waals surface area contributed by atoms with Crippen LogP contribution in [0.2, 0.25) is 0 Å². The van der Waals surface area contributed by atoms with Crippen LogP contribution in [0.25, 0.3) is 0 Å². The molecule has 4 nitrogen and oxygen atoms in total. The molecule has 0 aromatic carbocycles. The van der Waals surface area contributed by atoms with Crippen LogP contribution in [0.1, 0.15) is 38.2 Å². The van der Waals surface area contributed by atoms with Gasteiger partial charge in [0.25, 0.3) is 0 Å². The second-order valence-corrected chi connectivity index (χ2v) is 5.56. The van der Waals surface area contributed by atoms with E-state index < -0.39 is 0 Å². The Balaban J connectivity index is 0.00000200. The van der Waals surface area contributed by atoms with Crippen molar-refractivity contribution in [3.8, 4) is 0 Å².